The number of benzene rings is 2. The van der Waals surface area contributed by atoms with E-state index in [1.165, 1.54) is 0 Å². The zero-order valence-corrected chi connectivity index (χ0v) is 19.0. The molecule has 1 fully saturated rings. The minimum absolute atomic E-state index is 0.0251. The molecule has 0 amide bonds. The van der Waals surface area contributed by atoms with E-state index in [1.807, 2.05) is 14.1 Å². The van der Waals surface area contributed by atoms with Gasteiger partial charge in [0.05, 0.1) is 12.0 Å². The highest BCUT2D eigenvalue weighted by Gasteiger charge is 2.26. The number of methoxy groups -OCH3 is 1. The molecule has 0 bridgehead atoms. The summed E-state index contributed by atoms with van der Waals surface area (Å²) in [6.45, 7) is 4.07. The van der Waals surface area contributed by atoms with E-state index in [0.717, 1.165) is 37.4 Å². The van der Waals surface area contributed by atoms with Crippen molar-refractivity contribution in [1.29, 1.82) is 0 Å². The smallest absolute Gasteiger partial charge is 0.240 e. The Balaban J connectivity index is 1.79. The van der Waals surface area contributed by atoms with Crippen molar-refractivity contribution >= 4 is 15.7 Å². The lowest BCUT2D eigenvalue weighted by Crippen LogP contribution is -2.48. The first-order valence-electron chi connectivity index (χ1n) is 10.1. The molecule has 0 aliphatic carbocycles. The summed E-state index contributed by atoms with van der Waals surface area (Å²) in [6.07, 6.45) is 0. The summed E-state index contributed by atoms with van der Waals surface area (Å²) in [5.74, 6) is 0.630. The normalized spacial score (nSPS) is 16.9. The number of hydrogen-bond acceptors (Lipinski definition) is 6. The van der Waals surface area contributed by atoms with Gasteiger partial charge in [-0.1, -0.05) is 12.1 Å². The van der Waals surface area contributed by atoms with Crippen molar-refractivity contribution in [2.24, 2.45) is 0 Å². The summed E-state index contributed by atoms with van der Waals surface area (Å²) < 4.78 is 33.7. The highest BCUT2D eigenvalue weighted by molar-refractivity contribution is 7.89. The lowest BCUT2D eigenvalue weighted by molar-refractivity contribution is 0.113. The molecule has 8 heteroatoms. The fourth-order valence-corrected chi connectivity index (χ4v) is 4.65. The Hall–Kier alpha value is -2.13. The number of likely N-dealkylation sites (N-methyl/N-ethyl adjacent to an activating group) is 1. The largest absolute Gasteiger partial charge is 0.497 e. The van der Waals surface area contributed by atoms with Gasteiger partial charge in [-0.15, -0.1) is 0 Å². The Morgan fingerprint density at radius 2 is 1.60 bits per heavy atom. The maximum absolute atomic E-state index is 12.9. The first-order chi connectivity index (χ1) is 14.3. The van der Waals surface area contributed by atoms with Gasteiger partial charge >= 0.3 is 0 Å². The van der Waals surface area contributed by atoms with Crippen LogP contribution in [0.1, 0.15) is 11.6 Å². The van der Waals surface area contributed by atoms with E-state index in [2.05, 4.69) is 50.7 Å². The van der Waals surface area contributed by atoms with Crippen LogP contribution in [0, 0.1) is 0 Å². The van der Waals surface area contributed by atoms with Crippen molar-refractivity contribution in [3.8, 4) is 5.75 Å². The Morgan fingerprint density at radius 3 is 2.13 bits per heavy atom. The molecule has 1 N–H and O–H groups in total. The van der Waals surface area contributed by atoms with Crippen LogP contribution in [0.25, 0.3) is 0 Å². The fraction of sp³-hybridized carbons (Fsp3) is 0.455. The second-order valence-electron chi connectivity index (χ2n) is 7.87. The number of piperazine rings is 1. The molecule has 3 rings (SSSR count). The van der Waals surface area contributed by atoms with Crippen molar-refractivity contribution in [2.75, 3.05) is 65.9 Å². The van der Waals surface area contributed by atoms with E-state index < -0.39 is 10.0 Å². The Kier molecular flexibility index (Phi) is 7.36. The lowest BCUT2D eigenvalue weighted by atomic mass is 10.0. The van der Waals surface area contributed by atoms with Crippen molar-refractivity contribution in [1.82, 2.24) is 14.5 Å². The Morgan fingerprint density at radius 1 is 1.00 bits per heavy atom. The topological polar surface area (TPSA) is 65.1 Å². The molecular formula is C22H32N4O3S. The van der Waals surface area contributed by atoms with Crippen LogP contribution in [0.2, 0.25) is 0 Å². The molecule has 2 aromatic carbocycles. The second-order valence-corrected chi connectivity index (χ2v) is 9.64. The molecular weight excluding hydrogens is 400 g/mol. The van der Waals surface area contributed by atoms with Crippen LogP contribution in [0.5, 0.6) is 5.75 Å². The summed E-state index contributed by atoms with van der Waals surface area (Å²) >= 11 is 0. The van der Waals surface area contributed by atoms with Crippen LogP contribution in [0.4, 0.5) is 5.69 Å². The number of ether oxygens (including phenoxy) is 1. The van der Waals surface area contributed by atoms with Crippen molar-refractivity contribution in [2.45, 2.75) is 10.9 Å². The van der Waals surface area contributed by atoms with Gasteiger partial charge in [0.25, 0.3) is 0 Å². The van der Waals surface area contributed by atoms with Gasteiger partial charge in [-0.3, -0.25) is 4.90 Å². The lowest BCUT2D eigenvalue weighted by Gasteiger charge is -2.38. The first-order valence-corrected chi connectivity index (χ1v) is 11.6. The summed E-state index contributed by atoms with van der Waals surface area (Å²) in [4.78, 5) is 6.95. The molecule has 1 aliphatic heterocycles. The van der Waals surface area contributed by atoms with Gasteiger partial charge in [0.15, 0.2) is 0 Å². The molecule has 0 radical (unpaired) electrons. The third kappa shape index (κ3) is 5.51. The first kappa shape index (κ1) is 22.6. The highest BCUT2D eigenvalue weighted by atomic mass is 32.2. The average molecular weight is 433 g/mol. The zero-order chi connectivity index (χ0) is 21.7. The second kappa shape index (κ2) is 9.78. The Bertz CT molecular complexity index is 906. The van der Waals surface area contributed by atoms with Crippen LogP contribution < -0.4 is 14.4 Å². The van der Waals surface area contributed by atoms with Crippen LogP contribution in [0.15, 0.2) is 53.4 Å². The van der Waals surface area contributed by atoms with E-state index in [9.17, 15) is 8.42 Å². The molecule has 30 heavy (non-hydrogen) atoms. The Labute approximate surface area is 180 Å². The summed E-state index contributed by atoms with van der Waals surface area (Å²) in [7, 11) is 4.08. The van der Waals surface area contributed by atoms with Gasteiger partial charge in [-0.05, 0) is 49.0 Å². The minimum Gasteiger partial charge on any atom is -0.497 e. The maximum atomic E-state index is 12.9. The molecule has 1 heterocycles. The van der Waals surface area contributed by atoms with Crippen molar-refractivity contribution in [3.05, 3.63) is 54.1 Å². The third-order valence-electron chi connectivity index (χ3n) is 5.61. The predicted octanol–water partition coefficient (Wildman–Crippen LogP) is 2.03. The maximum Gasteiger partial charge on any atom is 0.240 e. The highest BCUT2D eigenvalue weighted by Crippen LogP contribution is 2.25. The number of hydrogen-bond donors (Lipinski definition) is 1. The van der Waals surface area contributed by atoms with Gasteiger partial charge in [0.2, 0.25) is 10.0 Å². The molecule has 0 saturated carbocycles. The van der Waals surface area contributed by atoms with Gasteiger partial charge in [-0.25, -0.2) is 13.1 Å². The number of rotatable bonds is 8. The summed E-state index contributed by atoms with van der Waals surface area (Å²) in [6, 6.07) is 14.8. The fourth-order valence-electron chi connectivity index (χ4n) is 3.61. The van der Waals surface area contributed by atoms with Gasteiger partial charge in [0.1, 0.15) is 5.75 Å². The van der Waals surface area contributed by atoms with E-state index in [0.29, 0.717) is 12.3 Å². The van der Waals surface area contributed by atoms with Crippen molar-refractivity contribution < 1.29 is 13.2 Å². The van der Waals surface area contributed by atoms with E-state index >= 15 is 0 Å². The van der Waals surface area contributed by atoms with E-state index in [4.69, 9.17) is 4.74 Å². The van der Waals surface area contributed by atoms with Gasteiger partial charge in [-0.2, -0.15) is 0 Å². The van der Waals surface area contributed by atoms with Crippen LogP contribution in [-0.4, -0.2) is 79.2 Å². The van der Waals surface area contributed by atoms with E-state index in [-0.39, 0.29) is 10.9 Å². The minimum atomic E-state index is -3.61. The number of sulfonamides is 1. The third-order valence-corrected chi connectivity index (χ3v) is 7.05. The molecule has 0 spiro atoms. The van der Waals surface area contributed by atoms with Crippen molar-refractivity contribution in [3.63, 3.8) is 0 Å². The summed E-state index contributed by atoms with van der Waals surface area (Å²) in [5.41, 5.74) is 2.23. The predicted molar refractivity (Wildman–Crippen MR) is 121 cm³/mol. The average Bonchev–Trinajstić information content (AvgIpc) is 2.75. The number of anilines is 1. The molecule has 1 saturated heterocycles. The quantitative estimate of drug-likeness (QED) is 0.689. The van der Waals surface area contributed by atoms with Crippen LogP contribution in [-0.2, 0) is 10.0 Å². The standard InChI is InChI=1S/C22H32N4O3S/c1-24(2)19-7-5-18(6-8-19)22(26-15-13-25(3)14-16-26)17-23-30(27,28)21-11-9-20(29-4)10-12-21/h5-12,22-23H,13-17H2,1-4H3/t22-/m1/s1. The van der Waals surface area contributed by atoms with Crippen LogP contribution >= 0.6 is 0 Å². The molecule has 0 aromatic heterocycles. The monoisotopic (exact) mass is 432 g/mol. The molecule has 1 atom stereocenters. The van der Waals surface area contributed by atoms with Gasteiger partial charge in [0, 0.05) is 58.5 Å². The molecule has 7 nitrogen and oxygen atoms in total. The number of nitrogens with zero attached hydrogens (tertiary/aromatic N) is 3. The molecule has 2 aromatic rings. The van der Waals surface area contributed by atoms with E-state index in [1.54, 1.807) is 31.4 Å². The summed E-state index contributed by atoms with van der Waals surface area (Å²) in [5, 5.41) is 0. The van der Waals surface area contributed by atoms with Gasteiger partial charge < -0.3 is 14.5 Å². The molecule has 0 unspecified atom stereocenters. The zero-order valence-electron chi connectivity index (χ0n) is 18.2. The molecule has 164 valence electrons. The molecule has 1 aliphatic rings. The SMILES string of the molecule is COc1ccc(S(=O)(=O)NC[C@H](c2ccc(N(C)C)cc2)N2CCN(C)CC2)cc1. The van der Waals surface area contributed by atoms with Crippen LogP contribution in [0.3, 0.4) is 0 Å². The number of nitrogens with one attached hydrogen (secondary N) is 1.